The number of nitrogens with zero attached hydrogens (tertiary/aromatic N) is 2. The molecule has 1 aliphatic rings. The molecule has 3 rings (SSSR count). The number of guanidine groups is 1. The first-order valence-electron chi connectivity index (χ1n) is 9.66. The molecule has 1 saturated heterocycles. The molecular weight excluding hydrogens is 538 g/mol. The van der Waals surface area contributed by atoms with Crippen LogP contribution in [-0.4, -0.2) is 37.9 Å². The van der Waals surface area contributed by atoms with Crippen molar-refractivity contribution in [2.75, 3.05) is 30.4 Å². The third-order valence-corrected chi connectivity index (χ3v) is 4.73. The van der Waals surface area contributed by atoms with Crippen molar-refractivity contribution in [3.8, 4) is 0 Å². The SMILES string of the molecule is CN=C(NCC(=O)Nc1ccc(F)c(F)c1F)NCc1ccc(N2CCCC2=O)cc1.I. The van der Waals surface area contributed by atoms with Crippen LogP contribution < -0.4 is 20.9 Å². The summed E-state index contributed by atoms with van der Waals surface area (Å²) < 4.78 is 39.8. The van der Waals surface area contributed by atoms with Gasteiger partial charge in [-0.25, -0.2) is 13.2 Å². The number of anilines is 2. The third kappa shape index (κ3) is 6.34. The van der Waals surface area contributed by atoms with Crippen LogP contribution >= 0.6 is 24.0 Å². The van der Waals surface area contributed by atoms with Crippen molar-refractivity contribution in [2.24, 2.45) is 4.99 Å². The number of hydrogen-bond acceptors (Lipinski definition) is 3. The van der Waals surface area contributed by atoms with Crippen LogP contribution in [0.2, 0.25) is 0 Å². The topological polar surface area (TPSA) is 85.8 Å². The number of amides is 2. The molecule has 1 heterocycles. The van der Waals surface area contributed by atoms with Gasteiger partial charge in [0, 0.05) is 32.2 Å². The zero-order valence-electron chi connectivity index (χ0n) is 17.3. The molecule has 0 aliphatic carbocycles. The lowest BCUT2D eigenvalue weighted by Crippen LogP contribution is -2.41. The highest BCUT2D eigenvalue weighted by atomic mass is 127. The normalized spacial score (nSPS) is 13.6. The van der Waals surface area contributed by atoms with Gasteiger partial charge in [-0.15, -0.1) is 24.0 Å². The Balaban J connectivity index is 0.00000363. The van der Waals surface area contributed by atoms with E-state index in [4.69, 9.17) is 0 Å². The Hall–Kier alpha value is -2.83. The quantitative estimate of drug-likeness (QED) is 0.219. The number of carbonyl (C=O) groups is 2. The van der Waals surface area contributed by atoms with Crippen LogP contribution in [-0.2, 0) is 16.1 Å². The smallest absolute Gasteiger partial charge is 0.243 e. The Kier molecular flexibility index (Phi) is 9.29. The maximum Gasteiger partial charge on any atom is 0.243 e. The summed E-state index contributed by atoms with van der Waals surface area (Å²) in [6, 6.07) is 9.20. The van der Waals surface area contributed by atoms with Gasteiger partial charge in [0.2, 0.25) is 11.8 Å². The fourth-order valence-corrected chi connectivity index (χ4v) is 3.10. The van der Waals surface area contributed by atoms with E-state index < -0.39 is 29.0 Å². The first-order valence-corrected chi connectivity index (χ1v) is 9.66. The third-order valence-electron chi connectivity index (χ3n) is 4.73. The Bertz CT molecular complexity index is 1000. The molecule has 1 fully saturated rings. The molecule has 2 amide bonds. The fourth-order valence-electron chi connectivity index (χ4n) is 3.10. The van der Waals surface area contributed by atoms with Gasteiger partial charge in [0.25, 0.3) is 0 Å². The number of nitrogens with one attached hydrogen (secondary N) is 3. The number of aliphatic imine (C=N–C) groups is 1. The number of halogens is 4. The van der Waals surface area contributed by atoms with Crippen LogP contribution in [0.5, 0.6) is 0 Å². The van der Waals surface area contributed by atoms with Crippen molar-refractivity contribution in [3.05, 3.63) is 59.4 Å². The summed E-state index contributed by atoms with van der Waals surface area (Å²) in [4.78, 5) is 29.5. The van der Waals surface area contributed by atoms with E-state index in [2.05, 4.69) is 20.9 Å². The van der Waals surface area contributed by atoms with E-state index in [1.807, 2.05) is 24.3 Å². The molecule has 3 N–H and O–H groups in total. The van der Waals surface area contributed by atoms with Crippen LogP contribution in [0.25, 0.3) is 0 Å². The molecule has 0 radical (unpaired) electrons. The summed E-state index contributed by atoms with van der Waals surface area (Å²) >= 11 is 0. The molecule has 2 aromatic rings. The zero-order valence-corrected chi connectivity index (χ0v) is 19.6. The van der Waals surface area contributed by atoms with Crippen molar-refractivity contribution >= 4 is 53.1 Å². The summed E-state index contributed by atoms with van der Waals surface area (Å²) in [5.41, 5.74) is 1.34. The highest BCUT2D eigenvalue weighted by molar-refractivity contribution is 14.0. The van der Waals surface area contributed by atoms with E-state index in [0.717, 1.165) is 36.3 Å². The minimum atomic E-state index is -1.65. The van der Waals surface area contributed by atoms with Crippen molar-refractivity contribution in [1.82, 2.24) is 10.6 Å². The Morgan fingerprint density at radius 2 is 1.78 bits per heavy atom. The molecule has 7 nitrogen and oxygen atoms in total. The highest BCUT2D eigenvalue weighted by Gasteiger charge is 2.21. The molecule has 0 aromatic heterocycles. The van der Waals surface area contributed by atoms with Gasteiger partial charge in [0.1, 0.15) is 0 Å². The first-order chi connectivity index (χ1) is 14.9. The summed E-state index contributed by atoms with van der Waals surface area (Å²) in [6.45, 7) is 0.866. The van der Waals surface area contributed by atoms with Gasteiger partial charge in [-0.2, -0.15) is 0 Å². The number of carbonyl (C=O) groups excluding carboxylic acids is 2. The minimum absolute atomic E-state index is 0. The largest absolute Gasteiger partial charge is 0.352 e. The van der Waals surface area contributed by atoms with E-state index in [9.17, 15) is 22.8 Å². The number of rotatable bonds is 6. The average molecular weight is 561 g/mol. The molecule has 172 valence electrons. The molecule has 1 aliphatic heterocycles. The Morgan fingerprint density at radius 3 is 2.41 bits per heavy atom. The first kappa shape index (κ1) is 25.4. The standard InChI is InChI=1S/C21H22F3N5O2.HI/c1-25-21(27-12-17(30)28-16-9-8-15(22)19(23)20(16)24)26-11-13-4-6-14(7-5-13)29-10-2-3-18(29)31;/h4-9H,2-3,10-12H2,1H3,(H,28,30)(H2,25,26,27);1H. The predicted octanol–water partition coefficient (Wildman–Crippen LogP) is 3.15. The summed E-state index contributed by atoms with van der Waals surface area (Å²) in [6.07, 6.45) is 1.43. The Morgan fingerprint density at radius 1 is 1.06 bits per heavy atom. The van der Waals surface area contributed by atoms with Gasteiger partial charge in [0.05, 0.1) is 12.2 Å². The second kappa shape index (κ2) is 11.7. The molecule has 0 unspecified atom stereocenters. The van der Waals surface area contributed by atoms with Crippen LogP contribution in [0.3, 0.4) is 0 Å². The molecule has 11 heteroatoms. The zero-order chi connectivity index (χ0) is 22.4. The van der Waals surface area contributed by atoms with Crippen LogP contribution in [0, 0.1) is 17.5 Å². The minimum Gasteiger partial charge on any atom is -0.352 e. The van der Waals surface area contributed by atoms with E-state index in [1.54, 1.807) is 4.90 Å². The molecule has 2 aromatic carbocycles. The van der Waals surface area contributed by atoms with Gasteiger partial charge in [-0.05, 0) is 36.2 Å². The summed E-state index contributed by atoms with van der Waals surface area (Å²) in [7, 11) is 1.52. The molecular formula is C21H23F3IN5O2. The Labute approximate surface area is 200 Å². The van der Waals surface area contributed by atoms with E-state index >= 15 is 0 Å². The van der Waals surface area contributed by atoms with Gasteiger partial charge in [-0.3, -0.25) is 14.6 Å². The van der Waals surface area contributed by atoms with Gasteiger partial charge in [-0.1, -0.05) is 12.1 Å². The molecule has 0 bridgehead atoms. The monoisotopic (exact) mass is 561 g/mol. The molecule has 0 spiro atoms. The maximum atomic E-state index is 13.6. The summed E-state index contributed by atoms with van der Waals surface area (Å²) in [5, 5.41) is 7.95. The van der Waals surface area contributed by atoms with Crippen LogP contribution in [0.1, 0.15) is 18.4 Å². The van der Waals surface area contributed by atoms with Crippen molar-refractivity contribution in [1.29, 1.82) is 0 Å². The number of hydrogen-bond donors (Lipinski definition) is 3. The second-order valence-electron chi connectivity index (χ2n) is 6.87. The van der Waals surface area contributed by atoms with Crippen molar-refractivity contribution in [2.45, 2.75) is 19.4 Å². The maximum absolute atomic E-state index is 13.6. The van der Waals surface area contributed by atoms with Gasteiger partial charge in [0.15, 0.2) is 23.4 Å². The lowest BCUT2D eigenvalue weighted by molar-refractivity contribution is -0.117. The lowest BCUT2D eigenvalue weighted by atomic mass is 10.2. The average Bonchev–Trinajstić information content (AvgIpc) is 3.20. The van der Waals surface area contributed by atoms with Gasteiger partial charge >= 0.3 is 0 Å². The molecule has 0 saturated carbocycles. The highest BCUT2D eigenvalue weighted by Crippen LogP contribution is 2.21. The molecule has 0 atom stereocenters. The molecule has 32 heavy (non-hydrogen) atoms. The van der Waals surface area contributed by atoms with E-state index in [1.165, 1.54) is 7.05 Å². The van der Waals surface area contributed by atoms with Crippen molar-refractivity contribution < 1.29 is 22.8 Å². The van der Waals surface area contributed by atoms with E-state index in [-0.39, 0.29) is 36.4 Å². The second-order valence-corrected chi connectivity index (χ2v) is 6.87. The lowest BCUT2D eigenvalue weighted by Gasteiger charge is -2.16. The van der Waals surface area contributed by atoms with Crippen LogP contribution in [0.4, 0.5) is 24.5 Å². The van der Waals surface area contributed by atoms with Gasteiger partial charge < -0.3 is 20.9 Å². The van der Waals surface area contributed by atoms with Crippen LogP contribution in [0.15, 0.2) is 41.4 Å². The predicted molar refractivity (Wildman–Crippen MR) is 127 cm³/mol. The summed E-state index contributed by atoms with van der Waals surface area (Å²) in [5.74, 6) is -4.67. The fraction of sp³-hybridized carbons (Fsp3) is 0.286. The van der Waals surface area contributed by atoms with Crippen molar-refractivity contribution in [3.63, 3.8) is 0 Å². The van der Waals surface area contributed by atoms with E-state index in [0.29, 0.717) is 18.9 Å². The number of benzene rings is 2.